The maximum Gasteiger partial charge on any atom is 0.319 e. The van der Waals surface area contributed by atoms with Gasteiger partial charge in [-0.05, 0) is 121 Å². The van der Waals surface area contributed by atoms with E-state index in [0.717, 1.165) is 89.0 Å². The Balaban J connectivity index is 2.43. The minimum atomic E-state index is -3.10. The molecule has 16 heteroatoms. The summed E-state index contributed by atoms with van der Waals surface area (Å²) in [6, 6.07) is 0. The number of allylic oxidation sites excluding steroid dienone is 13. The summed E-state index contributed by atoms with van der Waals surface area (Å²) in [5.74, 6) is -3.10. The summed E-state index contributed by atoms with van der Waals surface area (Å²) in [6.45, 7) is 13.1. The zero-order valence-electron chi connectivity index (χ0n) is 52.7. The Labute approximate surface area is 502 Å². The number of esters is 2. The van der Waals surface area contributed by atoms with Crippen LogP contribution in [-0.2, 0) is 51.9 Å². The van der Waals surface area contributed by atoms with Gasteiger partial charge in [-0.15, -0.1) is 0 Å². The van der Waals surface area contributed by atoms with Gasteiger partial charge in [0.25, 0.3) is 0 Å². The van der Waals surface area contributed by atoms with Gasteiger partial charge in [0.2, 0.25) is 23.6 Å². The van der Waals surface area contributed by atoms with Gasteiger partial charge in [0.05, 0.1) is 32.8 Å². The van der Waals surface area contributed by atoms with E-state index in [1.807, 2.05) is 19.1 Å². The third-order valence-corrected chi connectivity index (χ3v) is 15.3. The Hall–Kier alpha value is -4.85. The van der Waals surface area contributed by atoms with E-state index in [1.54, 1.807) is 13.0 Å². The lowest BCUT2D eigenvalue weighted by molar-refractivity contribution is -0.161. The van der Waals surface area contributed by atoms with Crippen LogP contribution < -0.4 is 21.3 Å². The topological polar surface area (TPSA) is 205 Å². The van der Waals surface area contributed by atoms with Crippen LogP contribution in [0.3, 0.4) is 0 Å². The van der Waals surface area contributed by atoms with Gasteiger partial charge in [-0.3, -0.25) is 33.3 Å². The highest BCUT2D eigenvalue weighted by Crippen LogP contribution is 2.41. The van der Waals surface area contributed by atoms with Gasteiger partial charge in [0.15, 0.2) is 6.10 Å². The Morgan fingerprint density at radius 3 is 1.59 bits per heavy atom. The van der Waals surface area contributed by atoms with Crippen molar-refractivity contribution >= 4 is 43.8 Å². The molecule has 83 heavy (non-hydrogen) atoms. The zero-order chi connectivity index (χ0) is 61.0. The molecule has 2 unspecified atom stereocenters. The molecule has 0 heterocycles. The number of ether oxygens (including phenoxy) is 2. The van der Waals surface area contributed by atoms with Crippen molar-refractivity contribution in [1.82, 2.24) is 21.3 Å². The van der Waals surface area contributed by atoms with Crippen LogP contribution in [0.2, 0.25) is 0 Å². The van der Waals surface area contributed by atoms with Crippen LogP contribution in [0.1, 0.15) is 248 Å². The van der Waals surface area contributed by atoms with Crippen LogP contribution in [-0.4, -0.2) is 87.7 Å². The first kappa shape index (κ1) is 76.2. The van der Waals surface area contributed by atoms with Crippen LogP contribution in [0.4, 0.5) is 0 Å². The molecule has 2 atom stereocenters. The van der Waals surface area contributed by atoms with Crippen molar-refractivity contribution in [3.63, 3.8) is 0 Å². The molecule has 1 rings (SSSR count). The van der Waals surface area contributed by atoms with Crippen LogP contribution in [0.15, 0.2) is 83.1 Å². The van der Waals surface area contributed by atoms with Gasteiger partial charge in [0, 0.05) is 25.5 Å². The Kier molecular flexibility index (Phi) is 47.3. The van der Waals surface area contributed by atoms with E-state index < -0.39 is 63.0 Å². The number of hydrogen-bond donors (Lipinski definition) is 4. The molecule has 0 saturated carbocycles. The third kappa shape index (κ3) is 46.2. The second-order valence-corrected chi connectivity index (χ2v) is 24.0. The normalized spacial score (nSPS) is 14.6. The molecule has 0 fully saturated rings. The first-order valence-electron chi connectivity index (χ1n) is 32.0. The predicted molar refractivity (Wildman–Crippen MR) is 339 cm³/mol. The third-order valence-electron chi connectivity index (χ3n) is 14.5. The summed E-state index contributed by atoms with van der Waals surface area (Å²) in [6.07, 6.45) is 53.3. The number of nitrogens with one attached hydrogen (secondary N) is 4. The molecule has 472 valence electrons. The van der Waals surface area contributed by atoms with Crippen molar-refractivity contribution in [2.24, 2.45) is 5.41 Å². The van der Waals surface area contributed by atoms with Gasteiger partial charge in [0.1, 0.15) is 6.61 Å². The molecule has 4 amide bonds. The number of amides is 4. The average molecular weight is 1180 g/mol. The molecule has 0 aromatic heterocycles. The van der Waals surface area contributed by atoms with E-state index in [0.29, 0.717) is 18.4 Å². The highest BCUT2D eigenvalue weighted by atomic mass is 31.1. The molecule has 0 saturated heterocycles. The molecule has 0 radical (unpaired) electrons. The summed E-state index contributed by atoms with van der Waals surface area (Å²) < 4.78 is 34.4. The summed E-state index contributed by atoms with van der Waals surface area (Å²) in [5, 5.41) is 9.82. The van der Waals surface area contributed by atoms with Gasteiger partial charge < -0.3 is 39.8 Å². The van der Waals surface area contributed by atoms with Crippen molar-refractivity contribution in [3.8, 4) is 0 Å². The quantitative estimate of drug-likeness (QED) is 0.0113. The summed E-state index contributed by atoms with van der Waals surface area (Å²) in [7, 11) is -3.10. The smallest absolute Gasteiger partial charge is 0.319 e. The molecule has 0 aromatic carbocycles. The first-order valence-corrected chi connectivity index (χ1v) is 33.2. The fraction of sp³-hybridized carbons (Fsp3) is 0.701. The summed E-state index contributed by atoms with van der Waals surface area (Å²) in [5.41, 5.74) is 4.76. The molecular formula is C67H113N4O11P. The molecule has 0 bridgehead atoms. The number of hydrogen-bond acceptors (Lipinski definition) is 11. The first-order chi connectivity index (χ1) is 40.1. The molecule has 1 aliphatic carbocycles. The Morgan fingerprint density at radius 2 is 1.06 bits per heavy atom. The average Bonchev–Trinajstić information content (AvgIpc) is 3.66. The Morgan fingerprint density at radius 1 is 0.578 bits per heavy atom. The Bertz CT molecular complexity index is 2070. The maximum atomic E-state index is 12.9. The summed E-state index contributed by atoms with van der Waals surface area (Å²) in [4.78, 5) is 74.9. The monoisotopic (exact) mass is 1180 g/mol. The minimum absolute atomic E-state index is 0.0540. The zero-order valence-corrected chi connectivity index (χ0v) is 53.7. The van der Waals surface area contributed by atoms with Gasteiger partial charge in [-0.1, -0.05) is 196 Å². The lowest BCUT2D eigenvalue weighted by Gasteiger charge is -2.32. The fourth-order valence-corrected chi connectivity index (χ4v) is 10.2. The maximum absolute atomic E-state index is 12.9. The van der Waals surface area contributed by atoms with Crippen molar-refractivity contribution in [1.29, 1.82) is 0 Å². The molecule has 0 aromatic rings. The minimum Gasteiger partial charge on any atom is -0.462 e. The second kappa shape index (κ2) is 51.6. The largest absolute Gasteiger partial charge is 0.462 e. The van der Waals surface area contributed by atoms with Crippen LogP contribution in [0, 0.1) is 5.41 Å². The van der Waals surface area contributed by atoms with E-state index >= 15 is 0 Å². The van der Waals surface area contributed by atoms with Crippen LogP contribution in [0.5, 0.6) is 0 Å². The van der Waals surface area contributed by atoms with E-state index in [9.17, 15) is 33.3 Å². The second-order valence-electron chi connectivity index (χ2n) is 22.9. The van der Waals surface area contributed by atoms with Gasteiger partial charge in [-0.25, -0.2) is 0 Å². The van der Waals surface area contributed by atoms with E-state index in [-0.39, 0.29) is 51.2 Å². The highest BCUT2D eigenvalue weighted by Gasteiger charge is 2.26. The highest BCUT2D eigenvalue weighted by molar-refractivity contribution is 7.33. The lowest BCUT2D eigenvalue weighted by atomic mass is 9.72. The van der Waals surface area contributed by atoms with E-state index in [1.165, 1.54) is 107 Å². The van der Waals surface area contributed by atoms with Crippen molar-refractivity contribution < 1.29 is 51.9 Å². The van der Waals surface area contributed by atoms with Crippen molar-refractivity contribution in [3.05, 3.63) is 83.1 Å². The van der Waals surface area contributed by atoms with Gasteiger partial charge >= 0.3 is 20.2 Å². The molecule has 0 spiro atoms. The number of carbonyl (C=O) groups is 6. The lowest BCUT2D eigenvalue weighted by Crippen LogP contribution is -2.44. The van der Waals surface area contributed by atoms with E-state index in [4.69, 9.17) is 18.5 Å². The number of carbonyl (C=O) groups excluding carboxylic acids is 6. The molecule has 4 N–H and O–H groups in total. The van der Waals surface area contributed by atoms with Crippen molar-refractivity contribution in [2.75, 3.05) is 46.0 Å². The predicted octanol–water partition coefficient (Wildman–Crippen LogP) is 14.9. The number of rotatable bonds is 51. The van der Waals surface area contributed by atoms with Crippen LogP contribution in [0.25, 0.3) is 0 Å². The fourth-order valence-electron chi connectivity index (χ4n) is 9.48. The SMILES string of the molecule is CCCCCCCC/C=C\CCCCCCCC(=O)OCC(CO[PH](=O)OCCNC(=O)CNC(=O)CNC(=O)CNC(=O)/C=C(C)/C=C/C=C(C)/C=C/C1=C(C)CCCC1(C)C)OC(=O)CCCCCCC/C=C\CCCCCCCC. The molecule has 15 nitrogen and oxygen atoms in total. The standard InChI is InChI=1S/C67H113N4O11P/c1-8-10-12-14-16-18-20-22-24-26-28-30-32-34-36-43-65(76)79-54-59(82-66(77)44-37-35-33-31-29-27-25-23-21-19-17-15-13-11-9-2)55-81-83(78)80-49-48-68-62(73)51-70-64(75)53-71-63(74)52-69-61(72)50-57(4)41-38-40-56(3)45-46-60-58(5)42-39-47-67(60,6)7/h22-25,38,40-41,45-46,50,59,83H,8-21,26-37,39,42-44,47-49,51-55H2,1-7H3,(H,68,73)(H,69,72)(H,70,75)(H,71,74)/b24-22-,25-23-,41-38+,46-45+,56-40+,57-50+. The van der Waals surface area contributed by atoms with Gasteiger partial charge in [-0.2, -0.15) is 0 Å². The molecular weight excluding hydrogens is 1070 g/mol. The molecule has 0 aliphatic heterocycles. The summed E-state index contributed by atoms with van der Waals surface area (Å²) >= 11 is 0. The van der Waals surface area contributed by atoms with Crippen LogP contribution >= 0.6 is 8.25 Å². The van der Waals surface area contributed by atoms with E-state index in [2.05, 4.69) is 92.3 Å². The van der Waals surface area contributed by atoms with Crippen molar-refractivity contribution in [2.45, 2.75) is 254 Å². The molecule has 1 aliphatic rings. The number of unbranched alkanes of at least 4 members (excludes halogenated alkanes) is 22.